The fourth-order valence-corrected chi connectivity index (χ4v) is 0.789. The van der Waals surface area contributed by atoms with Gasteiger partial charge >= 0.3 is 0 Å². The Morgan fingerprint density at radius 3 is 2.90 bits per heavy atom. The van der Waals surface area contributed by atoms with Crippen molar-refractivity contribution in [3.05, 3.63) is 20.7 Å². The first kappa shape index (κ1) is 7.69. The van der Waals surface area contributed by atoms with Crippen molar-refractivity contribution in [2.75, 3.05) is 0 Å². The molecular weight excluding hydrogens is 264 g/mol. The molecule has 0 unspecified atom stereocenters. The van der Waals surface area contributed by atoms with Gasteiger partial charge in [-0.15, -0.1) is 0 Å². The molecule has 1 heterocycles. The van der Waals surface area contributed by atoms with Crippen molar-refractivity contribution in [1.82, 2.24) is 9.97 Å². The SMILES string of the molecule is N#Cc1ncc(I)c(Cl)n1. The van der Waals surface area contributed by atoms with Gasteiger partial charge in [-0.25, -0.2) is 9.97 Å². The van der Waals surface area contributed by atoms with Crippen molar-refractivity contribution in [2.24, 2.45) is 0 Å². The highest BCUT2D eigenvalue weighted by atomic mass is 127. The van der Waals surface area contributed by atoms with Crippen LogP contribution in [-0.4, -0.2) is 9.97 Å². The molecule has 0 aliphatic rings. The van der Waals surface area contributed by atoms with Gasteiger partial charge in [0.25, 0.3) is 0 Å². The Labute approximate surface area is 76.2 Å². The van der Waals surface area contributed by atoms with E-state index in [9.17, 15) is 0 Å². The van der Waals surface area contributed by atoms with Gasteiger partial charge < -0.3 is 0 Å². The van der Waals surface area contributed by atoms with Gasteiger partial charge in [0.05, 0.1) is 3.57 Å². The third kappa shape index (κ3) is 1.55. The van der Waals surface area contributed by atoms with Gasteiger partial charge in [0, 0.05) is 6.20 Å². The third-order valence-corrected chi connectivity index (χ3v) is 2.20. The van der Waals surface area contributed by atoms with E-state index < -0.39 is 0 Å². The molecule has 0 aliphatic carbocycles. The Bertz CT molecular complexity index is 293. The van der Waals surface area contributed by atoms with E-state index >= 15 is 0 Å². The summed E-state index contributed by atoms with van der Waals surface area (Å²) in [6, 6.07) is 1.78. The number of aromatic nitrogens is 2. The molecule has 0 bridgehead atoms. The first-order valence-electron chi connectivity index (χ1n) is 2.32. The second-order valence-electron chi connectivity index (χ2n) is 1.44. The van der Waals surface area contributed by atoms with Crippen molar-refractivity contribution in [3.8, 4) is 6.07 Å². The largest absolute Gasteiger partial charge is 0.233 e. The van der Waals surface area contributed by atoms with Gasteiger partial charge in [0.1, 0.15) is 11.2 Å². The summed E-state index contributed by atoms with van der Waals surface area (Å²) in [6.07, 6.45) is 1.51. The zero-order valence-corrected chi connectivity index (χ0v) is 7.59. The Hall–Kier alpha value is -0.410. The summed E-state index contributed by atoms with van der Waals surface area (Å²) in [5, 5.41) is 8.64. The predicted octanol–water partition coefficient (Wildman–Crippen LogP) is 1.61. The Balaban J connectivity index is 3.20. The van der Waals surface area contributed by atoms with Crippen LogP contribution in [0.15, 0.2) is 6.20 Å². The normalized spacial score (nSPS) is 8.90. The van der Waals surface area contributed by atoms with E-state index in [2.05, 4.69) is 9.97 Å². The minimum absolute atomic E-state index is 0.102. The first-order valence-corrected chi connectivity index (χ1v) is 3.78. The van der Waals surface area contributed by atoms with E-state index in [1.165, 1.54) is 6.20 Å². The highest BCUT2D eigenvalue weighted by molar-refractivity contribution is 14.1. The highest BCUT2D eigenvalue weighted by Crippen LogP contribution is 2.13. The molecule has 0 amide bonds. The lowest BCUT2D eigenvalue weighted by Crippen LogP contribution is -1.89. The lowest BCUT2D eigenvalue weighted by atomic mass is 10.6. The number of nitrogens with zero attached hydrogens (tertiary/aromatic N) is 3. The molecule has 1 aromatic heterocycles. The summed E-state index contributed by atoms with van der Waals surface area (Å²) in [7, 11) is 0. The van der Waals surface area contributed by atoms with E-state index in [0.29, 0.717) is 5.15 Å². The third-order valence-electron chi connectivity index (χ3n) is 0.801. The zero-order chi connectivity index (χ0) is 7.56. The maximum atomic E-state index is 8.32. The minimum atomic E-state index is 0.102. The van der Waals surface area contributed by atoms with Crippen molar-refractivity contribution >= 4 is 34.2 Å². The Kier molecular flexibility index (Phi) is 2.40. The number of nitriles is 1. The van der Waals surface area contributed by atoms with Gasteiger partial charge in [-0.05, 0) is 22.6 Å². The van der Waals surface area contributed by atoms with Crippen molar-refractivity contribution in [3.63, 3.8) is 0 Å². The molecule has 10 heavy (non-hydrogen) atoms. The summed E-state index contributed by atoms with van der Waals surface area (Å²) < 4.78 is 0.748. The molecule has 0 aromatic carbocycles. The topological polar surface area (TPSA) is 49.6 Å². The zero-order valence-electron chi connectivity index (χ0n) is 4.67. The van der Waals surface area contributed by atoms with Crippen LogP contribution in [-0.2, 0) is 0 Å². The average Bonchev–Trinajstić information content (AvgIpc) is 1.95. The van der Waals surface area contributed by atoms with Crippen LogP contribution in [0.3, 0.4) is 0 Å². The van der Waals surface area contributed by atoms with Crippen LogP contribution in [0.1, 0.15) is 5.82 Å². The molecule has 5 heteroatoms. The van der Waals surface area contributed by atoms with E-state index in [1.807, 2.05) is 22.6 Å². The molecule has 0 saturated carbocycles. The number of rotatable bonds is 0. The molecule has 1 aromatic rings. The fourth-order valence-electron chi connectivity index (χ4n) is 0.400. The average molecular weight is 265 g/mol. The van der Waals surface area contributed by atoms with Crippen LogP contribution in [0.25, 0.3) is 0 Å². The van der Waals surface area contributed by atoms with Crippen LogP contribution < -0.4 is 0 Å². The summed E-state index contributed by atoms with van der Waals surface area (Å²) in [5.74, 6) is 0.102. The smallest absolute Gasteiger partial charge is 0.226 e. The molecule has 1 rings (SSSR count). The van der Waals surface area contributed by atoms with Crippen LogP contribution in [0.4, 0.5) is 0 Å². The fraction of sp³-hybridized carbons (Fsp3) is 0. The standard InChI is InChI=1S/C5HClIN3/c6-5-3(7)2-9-4(1-8)10-5/h2H. The molecule has 0 radical (unpaired) electrons. The van der Waals surface area contributed by atoms with E-state index in [-0.39, 0.29) is 5.82 Å². The van der Waals surface area contributed by atoms with E-state index in [0.717, 1.165) is 3.57 Å². The van der Waals surface area contributed by atoms with Gasteiger partial charge in [-0.2, -0.15) is 5.26 Å². The summed E-state index contributed by atoms with van der Waals surface area (Å²) in [5.41, 5.74) is 0. The van der Waals surface area contributed by atoms with Gasteiger partial charge in [-0.1, -0.05) is 11.6 Å². The Morgan fingerprint density at radius 2 is 2.40 bits per heavy atom. The lowest BCUT2D eigenvalue weighted by molar-refractivity contribution is 1.10. The van der Waals surface area contributed by atoms with Crippen molar-refractivity contribution in [1.29, 1.82) is 5.26 Å². The predicted molar refractivity (Wildman–Crippen MR) is 44.5 cm³/mol. The van der Waals surface area contributed by atoms with Gasteiger partial charge in [0.15, 0.2) is 0 Å². The van der Waals surface area contributed by atoms with Gasteiger partial charge in [0.2, 0.25) is 5.82 Å². The Morgan fingerprint density at radius 1 is 1.70 bits per heavy atom. The summed E-state index contributed by atoms with van der Waals surface area (Å²) >= 11 is 7.57. The number of hydrogen-bond donors (Lipinski definition) is 0. The first-order chi connectivity index (χ1) is 4.74. The van der Waals surface area contributed by atoms with Crippen molar-refractivity contribution < 1.29 is 0 Å². The molecule has 0 fully saturated rings. The molecule has 50 valence electrons. The van der Waals surface area contributed by atoms with Gasteiger partial charge in [-0.3, -0.25) is 0 Å². The molecule has 0 saturated heterocycles. The quantitative estimate of drug-likeness (QED) is 0.529. The maximum absolute atomic E-state index is 8.32. The molecular formula is C5HClIN3. The van der Waals surface area contributed by atoms with Crippen LogP contribution in [0.5, 0.6) is 0 Å². The monoisotopic (exact) mass is 265 g/mol. The summed E-state index contributed by atoms with van der Waals surface area (Å²) in [6.45, 7) is 0. The second kappa shape index (κ2) is 3.12. The maximum Gasteiger partial charge on any atom is 0.233 e. The van der Waals surface area contributed by atoms with Crippen LogP contribution in [0.2, 0.25) is 5.15 Å². The highest BCUT2D eigenvalue weighted by Gasteiger charge is 1.99. The number of hydrogen-bond acceptors (Lipinski definition) is 3. The molecule has 0 atom stereocenters. The second-order valence-corrected chi connectivity index (χ2v) is 2.96. The minimum Gasteiger partial charge on any atom is -0.226 e. The van der Waals surface area contributed by atoms with Crippen molar-refractivity contribution in [2.45, 2.75) is 0 Å². The van der Waals surface area contributed by atoms with Crippen LogP contribution in [0, 0.1) is 14.9 Å². The summed E-state index contributed by atoms with van der Waals surface area (Å²) in [4.78, 5) is 7.37. The molecule has 0 spiro atoms. The molecule has 0 aliphatic heterocycles. The lowest BCUT2D eigenvalue weighted by Gasteiger charge is -1.91. The number of halogens is 2. The molecule has 3 nitrogen and oxygen atoms in total. The van der Waals surface area contributed by atoms with Crippen LogP contribution >= 0.6 is 34.2 Å². The van der Waals surface area contributed by atoms with E-state index in [4.69, 9.17) is 16.9 Å². The van der Waals surface area contributed by atoms with E-state index in [1.54, 1.807) is 6.07 Å². The molecule has 0 N–H and O–H groups in total.